The Morgan fingerprint density at radius 1 is 1.18 bits per heavy atom. The molecular formula is C21H34O. The van der Waals surface area contributed by atoms with E-state index in [0.717, 1.165) is 41.9 Å². The van der Waals surface area contributed by atoms with Gasteiger partial charge in [0.2, 0.25) is 0 Å². The van der Waals surface area contributed by atoms with Crippen molar-refractivity contribution in [2.75, 3.05) is 0 Å². The van der Waals surface area contributed by atoms with E-state index in [-0.39, 0.29) is 6.10 Å². The Labute approximate surface area is 136 Å². The fourth-order valence-corrected chi connectivity index (χ4v) is 7.41. The van der Waals surface area contributed by atoms with Crippen molar-refractivity contribution < 1.29 is 5.11 Å². The predicted molar refractivity (Wildman–Crippen MR) is 91.4 cm³/mol. The van der Waals surface area contributed by atoms with Gasteiger partial charge in [0, 0.05) is 0 Å². The second kappa shape index (κ2) is 5.36. The third-order valence-corrected chi connectivity index (χ3v) is 8.44. The molecule has 0 bridgehead atoms. The summed E-state index contributed by atoms with van der Waals surface area (Å²) in [5, 5.41) is 10.1. The average Bonchev–Trinajstić information content (AvgIpc) is 2.94. The maximum atomic E-state index is 10.1. The van der Waals surface area contributed by atoms with Crippen molar-refractivity contribution >= 4 is 0 Å². The molecule has 4 unspecified atom stereocenters. The molecule has 4 rings (SSSR count). The fraction of sp³-hybridized carbons (Fsp3) is 0.905. The van der Waals surface area contributed by atoms with Crippen LogP contribution in [0.4, 0.5) is 0 Å². The van der Waals surface area contributed by atoms with Crippen molar-refractivity contribution in [1.82, 2.24) is 0 Å². The highest BCUT2D eigenvalue weighted by molar-refractivity contribution is 5.25. The molecule has 0 saturated heterocycles. The maximum Gasteiger partial charge on any atom is 0.0724 e. The Morgan fingerprint density at radius 3 is 2.77 bits per heavy atom. The summed E-state index contributed by atoms with van der Waals surface area (Å²) in [6.07, 6.45) is 12.8. The summed E-state index contributed by atoms with van der Waals surface area (Å²) in [6.45, 7) is 7.51. The molecule has 0 aliphatic heterocycles. The normalized spacial score (nSPS) is 54.2. The zero-order valence-electron chi connectivity index (χ0n) is 14.7. The van der Waals surface area contributed by atoms with Crippen LogP contribution in [0.3, 0.4) is 0 Å². The highest BCUT2D eigenvalue weighted by Gasteiger charge is 2.55. The number of aliphatic hydroxyl groups excluding tert-OH is 1. The monoisotopic (exact) mass is 302 g/mol. The lowest BCUT2D eigenvalue weighted by atomic mass is 9.48. The average molecular weight is 303 g/mol. The second-order valence-electron chi connectivity index (χ2n) is 9.22. The van der Waals surface area contributed by atoms with E-state index in [2.05, 4.69) is 26.8 Å². The molecule has 1 nitrogen and oxygen atoms in total. The minimum Gasteiger partial charge on any atom is -0.389 e. The number of aliphatic hydroxyl groups is 1. The first kappa shape index (κ1) is 15.2. The number of fused-ring (bicyclic) bond motifs is 5. The summed E-state index contributed by atoms with van der Waals surface area (Å²) < 4.78 is 0. The number of rotatable bonds is 1. The minimum absolute atomic E-state index is 0.163. The van der Waals surface area contributed by atoms with Crippen LogP contribution in [0.2, 0.25) is 0 Å². The van der Waals surface area contributed by atoms with Gasteiger partial charge in [-0.2, -0.15) is 0 Å². The molecule has 22 heavy (non-hydrogen) atoms. The first-order chi connectivity index (χ1) is 10.5. The van der Waals surface area contributed by atoms with Gasteiger partial charge in [-0.3, -0.25) is 0 Å². The largest absolute Gasteiger partial charge is 0.389 e. The van der Waals surface area contributed by atoms with Gasteiger partial charge in [-0.25, -0.2) is 0 Å². The zero-order chi connectivity index (χ0) is 15.5. The molecule has 1 N–H and O–H groups in total. The molecule has 0 spiro atoms. The summed E-state index contributed by atoms with van der Waals surface area (Å²) in [5.41, 5.74) is 2.02. The Hall–Kier alpha value is -0.300. The maximum absolute atomic E-state index is 10.1. The van der Waals surface area contributed by atoms with Crippen molar-refractivity contribution in [3.8, 4) is 0 Å². The van der Waals surface area contributed by atoms with Gasteiger partial charge >= 0.3 is 0 Å². The van der Waals surface area contributed by atoms with E-state index < -0.39 is 0 Å². The van der Waals surface area contributed by atoms with Crippen LogP contribution >= 0.6 is 0 Å². The van der Waals surface area contributed by atoms with E-state index in [4.69, 9.17) is 0 Å². The molecule has 0 aromatic rings. The van der Waals surface area contributed by atoms with Gasteiger partial charge in [0.25, 0.3) is 0 Å². The van der Waals surface area contributed by atoms with Crippen LogP contribution in [-0.2, 0) is 0 Å². The minimum atomic E-state index is -0.163. The molecule has 4 aliphatic carbocycles. The van der Waals surface area contributed by atoms with Gasteiger partial charge in [-0.05, 0) is 85.9 Å². The first-order valence-corrected chi connectivity index (χ1v) is 9.93. The van der Waals surface area contributed by atoms with Gasteiger partial charge in [-0.1, -0.05) is 38.8 Å². The smallest absolute Gasteiger partial charge is 0.0724 e. The Bertz CT molecular complexity index is 467. The van der Waals surface area contributed by atoms with Crippen LogP contribution in [0, 0.1) is 40.9 Å². The van der Waals surface area contributed by atoms with Crippen LogP contribution in [0.1, 0.15) is 72.1 Å². The Morgan fingerprint density at radius 2 is 2.00 bits per heavy atom. The van der Waals surface area contributed by atoms with Crippen LogP contribution in [0.15, 0.2) is 11.6 Å². The molecule has 0 amide bonds. The van der Waals surface area contributed by atoms with Crippen molar-refractivity contribution in [2.24, 2.45) is 40.9 Å². The van der Waals surface area contributed by atoms with Crippen LogP contribution in [-0.4, -0.2) is 11.2 Å². The van der Waals surface area contributed by atoms with Gasteiger partial charge < -0.3 is 5.11 Å². The SMILES string of the molecule is CC[C@H]1CCC2C3CCC4=C[C@@H](O)CC[C@]4(C)C3C[C@@H](C)C21. The molecular weight excluding hydrogens is 268 g/mol. The van der Waals surface area contributed by atoms with E-state index in [0.29, 0.717) is 5.41 Å². The van der Waals surface area contributed by atoms with Gasteiger partial charge in [0.1, 0.15) is 0 Å². The standard InChI is InChI=1S/C21H34O/c1-4-14-5-7-18-17-8-6-15-12-16(22)9-10-21(15,3)19(17)11-13(2)20(14)18/h12-14,16-20,22H,4-11H2,1-3H3/t13-,14+,16+,17?,18?,19?,20?,21+/m1/s1. The zero-order valence-corrected chi connectivity index (χ0v) is 14.7. The first-order valence-electron chi connectivity index (χ1n) is 9.93. The summed E-state index contributed by atoms with van der Waals surface area (Å²) in [4.78, 5) is 0. The summed E-state index contributed by atoms with van der Waals surface area (Å²) in [7, 11) is 0. The molecule has 3 saturated carbocycles. The number of hydrogen-bond donors (Lipinski definition) is 1. The van der Waals surface area contributed by atoms with Crippen molar-refractivity contribution in [3.05, 3.63) is 11.6 Å². The van der Waals surface area contributed by atoms with Crippen LogP contribution in [0.25, 0.3) is 0 Å². The quantitative estimate of drug-likeness (QED) is 0.661. The van der Waals surface area contributed by atoms with E-state index >= 15 is 0 Å². The Balaban J connectivity index is 1.65. The van der Waals surface area contributed by atoms with E-state index in [9.17, 15) is 5.11 Å². The van der Waals surface area contributed by atoms with Crippen molar-refractivity contribution in [1.29, 1.82) is 0 Å². The predicted octanol–water partition coefficient (Wildman–Crippen LogP) is 5.19. The molecule has 4 aliphatic rings. The number of hydrogen-bond acceptors (Lipinski definition) is 1. The molecule has 1 heteroatoms. The highest BCUT2D eigenvalue weighted by Crippen LogP contribution is 2.64. The van der Waals surface area contributed by atoms with Crippen LogP contribution in [0.5, 0.6) is 0 Å². The van der Waals surface area contributed by atoms with Crippen molar-refractivity contribution in [2.45, 2.75) is 78.2 Å². The molecule has 0 radical (unpaired) electrons. The molecule has 8 atom stereocenters. The van der Waals surface area contributed by atoms with E-state index in [1.165, 1.54) is 44.9 Å². The van der Waals surface area contributed by atoms with Gasteiger partial charge in [-0.15, -0.1) is 0 Å². The number of allylic oxidation sites excluding steroid dienone is 1. The summed E-state index contributed by atoms with van der Waals surface area (Å²) in [6, 6.07) is 0. The van der Waals surface area contributed by atoms with Crippen LogP contribution < -0.4 is 0 Å². The molecule has 0 aromatic carbocycles. The highest BCUT2D eigenvalue weighted by atomic mass is 16.3. The molecule has 0 heterocycles. The fourth-order valence-electron chi connectivity index (χ4n) is 7.41. The lowest BCUT2D eigenvalue weighted by molar-refractivity contribution is -0.0407. The van der Waals surface area contributed by atoms with E-state index in [1.54, 1.807) is 5.57 Å². The molecule has 124 valence electrons. The van der Waals surface area contributed by atoms with Crippen molar-refractivity contribution in [3.63, 3.8) is 0 Å². The third kappa shape index (κ3) is 2.07. The lowest BCUT2D eigenvalue weighted by Gasteiger charge is -2.57. The third-order valence-electron chi connectivity index (χ3n) is 8.44. The lowest BCUT2D eigenvalue weighted by Crippen LogP contribution is -2.49. The van der Waals surface area contributed by atoms with Gasteiger partial charge in [0.15, 0.2) is 0 Å². The second-order valence-corrected chi connectivity index (χ2v) is 9.22. The Kier molecular flexibility index (Phi) is 3.72. The molecule has 0 aromatic heterocycles. The van der Waals surface area contributed by atoms with Gasteiger partial charge in [0.05, 0.1) is 6.10 Å². The van der Waals surface area contributed by atoms with E-state index in [1.807, 2.05) is 0 Å². The topological polar surface area (TPSA) is 20.2 Å². The summed E-state index contributed by atoms with van der Waals surface area (Å²) >= 11 is 0. The summed E-state index contributed by atoms with van der Waals surface area (Å²) in [5.74, 6) is 5.85. The molecule has 3 fully saturated rings.